The highest BCUT2D eigenvalue weighted by atomic mass is 16.6. The second kappa shape index (κ2) is 3.64. The molecule has 80 valence electrons. The molecule has 0 spiro atoms. The van der Waals surface area contributed by atoms with Gasteiger partial charge in [0.2, 0.25) is 11.5 Å². The van der Waals surface area contributed by atoms with Crippen molar-refractivity contribution in [3.63, 3.8) is 0 Å². The fourth-order valence-corrected chi connectivity index (χ4v) is 1.34. The first-order valence-corrected chi connectivity index (χ1v) is 4.96. The van der Waals surface area contributed by atoms with Gasteiger partial charge in [-0.1, -0.05) is 6.92 Å². The summed E-state index contributed by atoms with van der Waals surface area (Å²) in [6, 6.07) is 0. The smallest absolute Gasteiger partial charge is 0.241 e. The zero-order valence-electron chi connectivity index (χ0n) is 9.51. The molecule has 0 bridgehead atoms. The molecule has 1 aliphatic rings. The van der Waals surface area contributed by atoms with Gasteiger partial charge in [-0.2, -0.15) is 0 Å². The van der Waals surface area contributed by atoms with E-state index in [4.69, 9.17) is 9.47 Å². The molecule has 0 amide bonds. The van der Waals surface area contributed by atoms with Crippen LogP contribution in [0, 0.1) is 0 Å². The van der Waals surface area contributed by atoms with Gasteiger partial charge in [-0.25, -0.2) is 0 Å². The molecule has 0 N–H and O–H groups in total. The SMILES string of the molecule is CCC1OC(C)=C(OC(C)(C)C)C1=O. The van der Waals surface area contributed by atoms with E-state index in [2.05, 4.69) is 0 Å². The van der Waals surface area contributed by atoms with Crippen LogP contribution in [-0.4, -0.2) is 17.5 Å². The van der Waals surface area contributed by atoms with Crippen LogP contribution in [-0.2, 0) is 14.3 Å². The van der Waals surface area contributed by atoms with Crippen molar-refractivity contribution in [2.24, 2.45) is 0 Å². The van der Waals surface area contributed by atoms with E-state index < -0.39 is 0 Å². The van der Waals surface area contributed by atoms with Crippen LogP contribution < -0.4 is 0 Å². The summed E-state index contributed by atoms with van der Waals surface area (Å²) in [5.74, 6) is 0.973. The van der Waals surface area contributed by atoms with Crippen molar-refractivity contribution < 1.29 is 14.3 Å². The number of hydrogen-bond donors (Lipinski definition) is 0. The molecule has 0 radical (unpaired) electrons. The number of rotatable bonds is 2. The predicted molar refractivity (Wildman–Crippen MR) is 53.7 cm³/mol. The monoisotopic (exact) mass is 198 g/mol. The molecular weight excluding hydrogens is 180 g/mol. The standard InChI is InChI=1S/C11H18O3/c1-6-8-9(12)10(7(2)13-8)14-11(3,4)5/h8H,6H2,1-5H3. The zero-order valence-corrected chi connectivity index (χ0v) is 9.51. The largest absolute Gasteiger partial charge is 0.483 e. The van der Waals surface area contributed by atoms with E-state index in [1.807, 2.05) is 27.7 Å². The van der Waals surface area contributed by atoms with E-state index in [1.165, 1.54) is 0 Å². The highest BCUT2D eigenvalue weighted by Crippen LogP contribution is 2.27. The molecule has 1 atom stereocenters. The van der Waals surface area contributed by atoms with Crippen molar-refractivity contribution in [3.8, 4) is 0 Å². The van der Waals surface area contributed by atoms with Crippen LogP contribution in [0.15, 0.2) is 11.5 Å². The Labute approximate surface area is 85.1 Å². The lowest BCUT2D eigenvalue weighted by Gasteiger charge is -2.21. The number of allylic oxidation sites excluding steroid dienone is 1. The van der Waals surface area contributed by atoms with Crippen molar-refractivity contribution in [3.05, 3.63) is 11.5 Å². The van der Waals surface area contributed by atoms with E-state index in [9.17, 15) is 4.79 Å². The minimum absolute atomic E-state index is 0.0278. The van der Waals surface area contributed by atoms with Gasteiger partial charge in [0.1, 0.15) is 11.4 Å². The fourth-order valence-electron chi connectivity index (χ4n) is 1.34. The van der Waals surface area contributed by atoms with Crippen LogP contribution >= 0.6 is 0 Å². The Bertz CT molecular complexity index is 271. The molecule has 0 saturated heterocycles. The van der Waals surface area contributed by atoms with Crippen LogP contribution in [0.2, 0.25) is 0 Å². The number of ketones is 1. The summed E-state index contributed by atoms with van der Waals surface area (Å²) >= 11 is 0. The van der Waals surface area contributed by atoms with Crippen LogP contribution in [0.3, 0.4) is 0 Å². The average molecular weight is 198 g/mol. The molecular formula is C11H18O3. The molecule has 1 heterocycles. The lowest BCUT2D eigenvalue weighted by molar-refractivity contribution is -0.125. The third-order valence-electron chi connectivity index (χ3n) is 1.93. The highest BCUT2D eigenvalue weighted by Gasteiger charge is 2.35. The van der Waals surface area contributed by atoms with Gasteiger partial charge in [0.25, 0.3) is 0 Å². The Morgan fingerprint density at radius 1 is 1.43 bits per heavy atom. The fraction of sp³-hybridized carbons (Fsp3) is 0.727. The van der Waals surface area contributed by atoms with Gasteiger partial charge in [0.15, 0.2) is 6.10 Å². The Hall–Kier alpha value is -0.990. The first-order valence-electron chi connectivity index (χ1n) is 4.96. The van der Waals surface area contributed by atoms with Crippen molar-refractivity contribution >= 4 is 5.78 Å². The maximum atomic E-state index is 11.7. The van der Waals surface area contributed by atoms with Crippen molar-refractivity contribution in [1.82, 2.24) is 0 Å². The van der Waals surface area contributed by atoms with Crippen molar-refractivity contribution in [2.75, 3.05) is 0 Å². The number of carbonyl (C=O) groups excluding carboxylic acids is 1. The summed E-state index contributed by atoms with van der Waals surface area (Å²) < 4.78 is 10.9. The molecule has 0 aromatic heterocycles. The van der Waals surface area contributed by atoms with Gasteiger partial charge < -0.3 is 9.47 Å². The summed E-state index contributed by atoms with van der Waals surface area (Å²) in [6.07, 6.45) is 0.347. The third kappa shape index (κ3) is 2.28. The summed E-state index contributed by atoms with van der Waals surface area (Å²) in [6.45, 7) is 9.45. The molecule has 1 aliphatic heterocycles. The molecule has 14 heavy (non-hydrogen) atoms. The average Bonchev–Trinajstić information content (AvgIpc) is 2.29. The van der Waals surface area contributed by atoms with Gasteiger partial charge in [-0.15, -0.1) is 0 Å². The van der Waals surface area contributed by atoms with E-state index in [1.54, 1.807) is 6.92 Å². The second-order valence-corrected chi connectivity index (χ2v) is 4.48. The number of Topliss-reactive ketones (excluding diaryl/α,β-unsaturated/α-hetero) is 1. The molecule has 0 fully saturated rings. The second-order valence-electron chi connectivity index (χ2n) is 4.48. The minimum atomic E-state index is -0.349. The Morgan fingerprint density at radius 2 is 2.00 bits per heavy atom. The van der Waals surface area contributed by atoms with Crippen LogP contribution in [0.25, 0.3) is 0 Å². The van der Waals surface area contributed by atoms with E-state index in [0.717, 1.165) is 0 Å². The Morgan fingerprint density at radius 3 is 2.36 bits per heavy atom. The summed E-state index contributed by atoms with van der Waals surface area (Å²) in [4.78, 5) is 11.7. The zero-order chi connectivity index (χ0) is 10.9. The van der Waals surface area contributed by atoms with Crippen molar-refractivity contribution in [1.29, 1.82) is 0 Å². The first kappa shape index (κ1) is 11.1. The molecule has 0 aromatic carbocycles. The van der Waals surface area contributed by atoms with Crippen LogP contribution in [0.1, 0.15) is 41.0 Å². The van der Waals surface area contributed by atoms with Gasteiger partial charge in [0.05, 0.1) is 0 Å². The number of hydrogen-bond acceptors (Lipinski definition) is 3. The van der Waals surface area contributed by atoms with E-state index in [-0.39, 0.29) is 17.5 Å². The topological polar surface area (TPSA) is 35.5 Å². The van der Waals surface area contributed by atoms with Gasteiger partial charge in [-0.05, 0) is 34.1 Å². The molecule has 3 heteroatoms. The van der Waals surface area contributed by atoms with Crippen molar-refractivity contribution in [2.45, 2.75) is 52.7 Å². The molecule has 1 unspecified atom stereocenters. The summed E-state index contributed by atoms with van der Waals surface area (Å²) in [7, 11) is 0. The summed E-state index contributed by atoms with van der Waals surface area (Å²) in [5.41, 5.74) is -0.349. The third-order valence-corrected chi connectivity index (χ3v) is 1.93. The predicted octanol–water partition coefficient (Wildman–Crippen LogP) is 2.41. The maximum Gasteiger partial charge on any atom is 0.241 e. The number of carbonyl (C=O) groups is 1. The van der Waals surface area contributed by atoms with Gasteiger partial charge in [0, 0.05) is 0 Å². The molecule has 0 aliphatic carbocycles. The molecule has 0 saturated carbocycles. The minimum Gasteiger partial charge on any atom is -0.483 e. The van der Waals surface area contributed by atoms with Gasteiger partial charge >= 0.3 is 0 Å². The van der Waals surface area contributed by atoms with Crippen LogP contribution in [0.4, 0.5) is 0 Å². The Kier molecular flexibility index (Phi) is 2.88. The Balaban J connectivity index is 2.79. The van der Waals surface area contributed by atoms with Crippen LogP contribution in [0.5, 0.6) is 0 Å². The van der Waals surface area contributed by atoms with E-state index >= 15 is 0 Å². The molecule has 1 rings (SSSR count). The normalized spacial score (nSPS) is 22.6. The lowest BCUT2D eigenvalue weighted by Crippen LogP contribution is -2.24. The highest BCUT2D eigenvalue weighted by molar-refractivity contribution is 5.99. The first-order chi connectivity index (χ1) is 6.35. The van der Waals surface area contributed by atoms with E-state index in [0.29, 0.717) is 17.9 Å². The number of ether oxygens (including phenoxy) is 2. The quantitative estimate of drug-likeness (QED) is 0.683. The summed E-state index contributed by atoms with van der Waals surface area (Å²) in [5, 5.41) is 0. The lowest BCUT2D eigenvalue weighted by atomic mass is 10.1. The molecule has 3 nitrogen and oxygen atoms in total. The maximum absolute atomic E-state index is 11.7. The van der Waals surface area contributed by atoms with Gasteiger partial charge in [-0.3, -0.25) is 4.79 Å². The molecule has 0 aromatic rings.